The Morgan fingerprint density at radius 3 is 2.60 bits per heavy atom. The molecule has 1 fully saturated rings. The average molecular weight is 334 g/mol. The van der Waals surface area contributed by atoms with E-state index in [4.69, 9.17) is 0 Å². The summed E-state index contributed by atoms with van der Waals surface area (Å²) in [5, 5.41) is 19.4. The number of nitrogens with zero attached hydrogens (tertiary/aromatic N) is 4. The van der Waals surface area contributed by atoms with E-state index in [9.17, 15) is 5.11 Å². The zero-order valence-corrected chi connectivity index (χ0v) is 14.1. The van der Waals surface area contributed by atoms with Crippen LogP contribution < -0.4 is 0 Å². The number of hydrogen-bond acceptors (Lipinski definition) is 4. The molecule has 5 heteroatoms. The molecule has 1 aliphatic heterocycles. The van der Waals surface area contributed by atoms with Gasteiger partial charge < -0.3 is 5.11 Å². The van der Waals surface area contributed by atoms with Crippen molar-refractivity contribution < 1.29 is 5.11 Å². The highest BCUT2D eigenvalue weighted by Gasteiger charge is 2.37. The number of aliphatic hydroxyl groups excluding tert-OH is 1. The number of aliphatic hydroxyl groups is 1. The van der Waals surface area contributed by atoms with Crippen molar-refractivity contribution in [3.8, 4) is 0 Å². The second kappa shape index (κ2) is 5.93. The van der Waals surface area contributed by atoms with Gasteiger partial charge in [0.25, 0.3) is 0 Å². The van der Waals surface area contributed by atoms with Gasteiger partial charge in [-0.05, 0) is 55.6 Å². The molecule has 1 aromatic carbocycles. The molecule has 25 heavy (non-hydrogen) atoms. The molecule has 2 unspecified atom stereocenters. The summed E-state index contributed by atoms with van der Waals surface area (Å²) in [4.78, 5) is 2.46. The minimum absolute atomic E-state index is 0.216. The monoisotopic (exact) mass is 334 g/mol. The molecular formula is C20H22N4O. The van der Waals surface area contributed by atoms with Gasteiger partial charge >= 0.3 is 0 Å². The van der Waals surface area contributed by atoms with Crippen molar-refractivity contribution >= 4 is 5.65 Å². The van der Waals surface area contributed by atoms with E-state index in [2.05, 4.69) is 43.9 Å². The van der Waals surface area contributed by atoms with E-state index < -0.39 is 0 Å². The Kier molecular flexibility index (Phi) is 3.57. The van der Waals surface area contributed by atoms with E-state index in [1.807, 2.05) is 24.3 Å². The number of fused-ring (bicyclic) bond motifs is 2. The zero-order valence-electron chi connectivity index (χ0n) is 14.1. The summed E-state index contributed by atoms with van der Waals surface area (Å²) >= 11 is 0. The summed E-state index contributed by atoms with van der Waals surface area (Å²) in [5.74, 6) is 1.51. The van der Waals surface area contributed by atoms with E-state index >= 15 is 0 Å². The van der Waals surface area contributed by atoms with Gasteiger partial charge in [-0.25, -0.2) is 0 Å². The maximum Gasteiger partial charge on any atom is 0.160 e. The molecule has 0 amide bonds. The standard InChI is InChI=1S/C20H22N4O/c25-19-16-6-2-1-5-15(16)13-17(19)23-11-8-14(9-12-23)20-22-21-18-7-3-4-10-24(18)20/h1-7,10,14,17,19,25H,8-9,11-13H2. The summed E-state index contributed by atoms with van der Waals surface area (Å²) in [6.45, 7) is 2.00. The van der Waals surface area contributed by atoms with Gasteiger partial charge in [0.2, 0.25) is 0 Å². The number of pyridine rings is 1. The smallest absolute Gasteiger partial charge is 0.160 e. The van der Waals surface area contributed by atoms with Crippen LogP contribution >= 0.6 is 0 Å². The topological polar surface area (TPSA) is 53.7 Å². The molecule has 1 saturated heterocycles. The van der Waals surface area contributed by atoms with Crippen molar-refractivity contribution in [1.29, 1.82) is 0 Å². The number of aromatic nitrogens is 3. The van der Waals surface area contributed by atoms with Crippen molar-refractivity contribution in [3.05, 3.63) is 65.6 Å². The maximum atomic E-state index is 10.7. The second-order valence-corrected chi connectivity index (χ2v) is 7.21. The lowest BCUT2D eigenvalue weighted by atomic mass is 9.94. The summed E-state index contributed by atoms with van der Waals surface area (Å²) in [6, 6.07) is 14.5. The lowest BCUT2D eigenvalue weighted by Crippen LogP contribution is -2.43. The Morgan fingerprint density at radius 1 is 0.960 bits per heavy atom. The van der Waals surface area contributed by atoms with Crippen LogP contribution in [0.4, 0.5) is 0 Å². The average Bonchev–Trinajstić information content (AvgIpc) is 3.24. The molecule has 3 heterocycles. The molecule has 128 valence electrons. The molecule has 5 nitrogen and oxygen atoms in total. The summed E-state index contributed by atoms with van der Waals surface area (Å²) in [6.07, 6.45) is 4.77. The van der Waals surface area contributed by atoms with Gasteiger partial charge in [0, 0.05) is 18.2 Å². The Labute approximate surface area is 146 Å². The maximum absolute atomic E-state index is 10.7. The normalized spacial score (nSPS) is 24.7. The Hall–Kier alpha value is -2.24. The number of hydrogen-bond donors (Lipinski definition) is 1. The van der Waals surface area contributed by atoms with Gasteiger partial charge in [-0.2, -0.15) is 0 Å². The highest BCUT2D eigenvalue weighted by atomic mass is 16.3. The third-order valence-corrected chi connectivity index (χ3v) is 5.87. The molecule has 2 aromatic heterocycles. The lowest BCUT2D eigenvalue weighted by Gasteiger charge is -2.36. The molecule has 0 radical (unpaired) electrons. The highest BCUT2D eigenvalue weighted by molar-refractivity contribution is 5.38. The van der Waals surface area contributed by atoms with Crippen LogP contribution in [0.3, 0.4) is 0 Å². The molecular weight excluding hydrogens is 312 g/mol. The van der Waals surface area contributed by atoms with Gasteiger partial charge in [-0.3, -0.25) is 9.30 Å². The quantitative estimate of drug-likeness (QED) is 0.783. The molecule has 5 rings (SSSR count). The van der Waals surface area contributed by atoms with Crippen LogP contribution in [-0.4, -0.2) is 43.7 Å². The van der Waals surface area contributed by atoms with Gasteiger partial charge in [-0.15, -0.1) is 10.2 Å². The fourth-order valence-electron chi connectivity index (χ4n) is 4.51. The predicted octanol–water partition coefficient (Wildman–Crippen LogP) is 2.57. The van der Waals surface area contributed by atoms with Crippen LogP contribution in [0.2, 0.25) is 0 Å². The van der Waals surface area contributed by atoms with Crippen molar-refractivity contribution in [3.63, 3.8) is 0 Å². The first-order valence-electron chi connectivity index (χ1n) is 9.11. The molecule has 0 saturated carbocycles. The summed E-state index contributed by atoms with van der Waals surface area (Å²) in [5.41, 5.74) is 3.32. The minimum Gasteiger partial charge on any atom is -0.387 e. The van der Waals surface area contributed by atoms with Crippen LogP contribution in [0.1, 0.15) is 41.8 Å². The summed E-state index contributed by atoms with van der Waals surface area (Å²) in [7, 11) is 0. The van der Waals surface area contributed by atoms with Gasteiger partial charge in [-0.1, -0.05) is 30.3 Å². The van der Waals surface area contributed by atoms with Crippen LogP contribution in [0.5, 0.6) is 0 Å². The molecule has 3 aromatic rings. The Balaban J connectivity index is 1.31. The Bertz CT molecular complexity index is 897. The third kappa shape index (κ3) is 2.46. The molecule has 1 N–H and O–H groups in total. The van der Waals surface area contributed by atoms with E-state index in [1.165, 1.54) is 5.56 Å². The third-order valence-electron chi connectivity index (χ3n) is 5.87. The molecule has 2 atom stereocenters. The van der Waals surface area contributed by atoms with Crippen LogP contribution in [0, 0.1) is 0 Å². The first-order valence-corrected chi connectivity index (χ1v) is 9.11. The van der Waals surface area contributed by atoms with Crippen LogP contribution in [0.15, 0.2) is 48.7 Å². The first kappa shape index (κ1) is 15.0. The summed E-state index contributed by atoms with van der Waals surface area (Å²) < 4.78 is 2.11. The van der Waals surface area contributed by atoms with Crippen LogP contribution in [-0.2, 0) is 6.42 Å². The van der Waals surface area contributed by atoms with E-state index in [0.29, 0.717) is 5.92 Å². The molecule has 2 aliphatic rings. The van der Waals surface area contributed by atoms with Gasteiger partial charge in [0.1, 0.15) is 5.82 Å². The van der Waals surface area contributed by atoms with E-state index in [1.54, 1.807) is 0 Å². The predicted molar refractivity (Wildman–Crippen MR) is 95.4 cm³/mol. The SMILES string of the molecule is OC1c2ccccc2CC1N1CCC(c2nnc3ccccn23)CC1. The number of rotatable bonds is 2. The van der Waals surface area contributed by atoms with Crippen molar-refractivity contribution in [2.24, 2.45) is 0 Å². The Morgan fingerprint density at radius 2 is 1.76 bits per heavy atom. The van der Waals surface area contributed by atoms with E-state index in [-0.39, 0.29) is 12.1 Å². The number of benzene rings is 1. The fourth-order valence-corrected chi connectivity index (χ4v) is 4.51. The minimum atomic E-state index is -0.360. The highest BCUT2D eigenvalue weighted by Crippen LogP contribution is 2.37. The van der Waals surface area contributed by atoms with Crippen molar-refractivity contribution in [1.82, 2.24) is 19.5 Å². The van der Waals surface area contributed by atoms with Gasteiger partial charge in [0.05, 0.1) is 6.10 Å². The number of likely N-dealkylation sites (tertiary alicyclic amines) is 1. The molecule has 1 aliphatic carbocycles. The van der Waals surface area contributed by atoms with Crippen molar-refractivity contribution in [2.75, 3.05) is 13.1 Å². The molecule has 0 spiro atoms. The molecule has 0 bridgehead atoms. The largest absolute Gasteiger partial charge is 0.387 e. The number of piperidine rings is 1. The van der Waals surface area contributed by atoms with Crippen LogP contribution in [0.25, 0.3) is 5.65 Å². The fraction of sp³-hybridized carbons (Fsp3) is 0.400. The second-order valence-electron chi connectivity index (χ2n) is 7.21. The first-order chi connectivity index (χ1) is 12.3. The lowest BCUT2D eigenvalue weighted by molar-refractivity contribution is 0.0452. The van der Waals surface area contributed by atoms with Gasteiger partial charge in [0.15, 0.2) is 5.65 Å². The zero-order chi connectivity index (χ0) is 16.8. The van der Waals surface area contributed by atoms with E-state index in [0.717, 1.165) is 49.4 Å². The van der Waals surface area contributed by atoms with Crippen molar-refractivity contribution in [2.45, 2.75) is 37.3 Å².